The molecule has 0 bridgehead atoms. The molecule has 0 saturated heterocycles. The lowest BCUT2D eigenvalue weighted by molar-refractivity contribution is -0.133. The highest BCUT2D eigenvalue weighted by Gasteiger charge is 2.09. The number of carboxylic acids is 1. The van der Waals surface area contributed by atoms with E-state index in [-0.39, 0.29) is 17.4 Å². The van der Waals surface area contributed by atoms with E-state index in [1.54, 1.807) is 6.07 Å². The van der Waals surface area contributed by atoms with Gasteiger partial charge >= 0.3 is 5.97 Å². The second-order valence-electron chi connectivity index (χ2n) is 3.52. The van der Waals surface area contributed by atoms with Crippen molar-refractivity contribution in [3.63, 3.8) is 0 Å². The van der Waals surface area contributed by atoms with Crippen LogP contribution in [0.5, 0.6) is 0 Å². The average Bonchev–Trinajstić information content (AvgIpc) is 2.25. The highest BCUT2D eigenvalue weighted by Crippen LogP contribution is 2.29. The zero-order valence-electron chi connectivity index (χ0n) is 9.50. The molecule has 18 heavy (non-hydrogen) atoms. The Morgan fingerprint density at radius 2 is 2.11 bits per heavy atom. The van der Waals surface area contributed by atoms with E-state index in [0.29, 0.717) is 10.7 Å². The summed E-state index contributed by atoms with van der Waals surface area (Å²) < 4.78 is 0.737. The SMILES string of the molecule is Cc1cc(Br)c(NC(=O)CSCC(=O)O)cc1Cl. The molecule has 7 heteroatoms. The Kier molecular flexibility index (Phi) is 5.98. The monoisotopic (exact) mass is 351 g/mol. The quantitative estimate of drug-likeness (QED) is 0.854. The molecule has 0 unspecified atom stereocenters. The van der Waals surface area contributed by atoms with E-state index in [1.807, 2.05) is 13.0 Å². The fourth-order valence-corrected chi connectivity index (χ4v) is 2.41. The Hall–Kier alpha value is -0.720. The Morgan fingerprint density at radius 1 is 1.44 bits per heavy atom. The number of aryl methyl sites for hydroxylation is 1. The third kappa shape index (κ3) is 4.88. The Labute approximate surface area is 122 Å². The first-order chi connectivity index (χ1) is 8.40. The number of nitrogens with one attached hydrogen (secondary N) is 1. The third-order valence-electron chi connectivity index (χ3n) is 1.98. The average molecular weight is 353 g/mol. The fraction of sp³-hybridized carbons (Fsp3) is 0.273. The highest BCUT2D eigenvalue weighted by atomic mass is 79.9. The molecule has 0 heterocycles. The lowest BCUT2D eigenvalue weighted by Gasteiger charge is -2.09. The van der Waals surface area contributed by atoms with Gasteiger partial charge in [-0.15, -0.1) is 11.8 Å². The van der Waals surface area contributed by atoms with Crippen LogP contribution in [0.3, 0.4) is 0 Å². The first-order valence-electron chi connectivity index (χ1n) is 4.95. The number of halogens is 2. The number of carbonyl (C=O) groups excluding carboxylic acids is 1. The number of amides is 1. The summed E-state index contributed by atoms with van der Waals surface area (Å²) in [7, 11) is 0. The van der Waals surface area contributed by atoms with E-state index in [2.05, 4.69) is 21.2 Å². The molecule has 0 aliphatic rings. The van der Waals surface area contributed by atoms with E-state index in [4.69, 9.17) is 16.7 Å². The molecule has 0 aromatic heterocycles. The van der Waals surface area contributed by atoms with Crippen molar-refractivity contribution < 1.29 is 14.7 Å². The van der Waals surface area contributed by atoms with Gasteiger partial charge in [0.25, 0.3) is 0 Å². The number of carboxylic acid groups (broad SMARTS) is 1. The summed E-state index contributed by atoms with van der Waals surface area (Å²) in [6.45, 7) is 1.86. The summed E-state index contributed by atoms with van der Waals surface area (Å²) in [6.07, 6.45) is 0. The van der Waals surface area contributed by atoms with Crippen molar-refractivity contribution in [3.05, 3.63) is 27.2 Å². The van der Waals surface area contributed by atoms with Crippen LogP contribution in [0.15, 0.2) is 16.6 Å². The lowest BCUT2D eigenvalue weighted by Crippen LogP contribution is -2.15. The smallest absolute Gasteiger partial charge is 0.313 e. The van der Waals surface area contributed by atoms with Crippen molar-refractivity contribution in [1.82, 2.24) is 0 Å². The summed E-state index contributed by atoms with van der Waals surface area (Å²) in [5, 5.41) is 11.7. The van der Waals surface area contributed by atoms with Gasteiger partial charge in [0.1, 0.15) is 0 Å². The van der Waals surface area contributed by atoms with Gasteiger partial charge in [0.2, 0.25) is 5.91 Å². The minimum atomic E-state index is -0.938. The number of hydrogen-bond acceptors (Lipinski definition) is 3. The van der Waals surface area contributed by atoms with Gasteiger partial charge in [0.15, 0.2) is 0 Å². The molecule has 0 aliphatic heterocycles. The number of aliphatic carboxylic acids is 1. The third-order valence-corrected chi connectivity index (χ3v) is 3.96. The molecular formula is C11H11BrClNO3S. The van der Waals surface area contributed by atoms with Crippen LogP contribution in [0.2, 0.25) is 5.02 Å². The molecular weight excluding hydrogens is 342 g/mol. The number of rotatable bonds is 5. The van der Waals surface area contributed by atoms with Gasteiger partial charge in [0, 0.05) is 9.50 Å². The van der Waals surface area contributed by atoms with Crippen LogP contribution in [0.25, 0.3) is 0 Å². The van der Waals surface area contributed by atoms with Crippen LogP contribution >= 0.6 is 39.3 Å². The normalized spacial score (nSPS) is 10.2. The Bertz CT molecular complexity index is 482. The van der Waals surface area contributed by atoms with E-state index in [9.17, 15) is 9.59 Å². The molecule has 0 spiro atoms. The van der Waals surface area contributed by atoms with Crippen molar-refractivity contribution in [2.75, 3.05) is 16.8 Å². The maximum atomic E-state index is 11.6. The molecule has 2 N–H and O–H groups in total. The number of hydrogen-bond donors (Lipinski definition) is 2. The molecule has 1 aromatic carbocycles. The first-order valence-corrected chi connectivity index (χ1v) is 7.27. The van der Waals surface area contributed by atoms with Crippen LogP contribution in [0.1, 0.15) is 5.56 Å². The van der Waals surface area contributed by atoms with Crippen molar-refractivity contribution in [1.29, 1.82) is 0 Å². The zero-order valence-corrected chi connectivity index (χ0v) is 12.7. The number of carbonyl (C=O) groups is 2. The number of thioether (sulfide) groups is 1. The van der Waals surface area contributed by atoms with E-state index < -0.39 is 5.97 Å². The van der Waals surface area contributed by atoms with Gasteiger partial charge in [-0.25, -0.2) is 0 Å². The Morgan fingerprint density at radius 3 is 2.72 bits per heavy atom. The minimum Gasteiger partial charge on any atom is -0.481 e. The van der Waals surface area contributed by atoms with E-state index in [0.717, 1.165) is 21.8 Å². The molecule has 1 aromatic rings. The summed E-state index contributed by atoms with van der Waals surface area (Å²) in [4.78, 5) is 21.9. The largest absolute Gasteiger partial charge is 0.481 e. The van der Waals surface area contributed by atoms with E-state index >= 15 is 0 Å². The fourth-order valence-electron chi connectivity index (χ4n) is 1.16. The van der Waals surface area contributed by atoms with Crippen LogP contribution in [0, 0.1) is 6.92 Å². The standard InChI is InChI=1S/C11H11BrClNO3S/c1-6-2-7(12)9(3-8(6)13)14-10(15)4-18-5-11(16)17/h2-3H,4-5H2,1H3,(H,14,15)(H,16,17). The van der Waals surface area contributed by atoms with Gasteiger partial charge in [-0.2, -0.15) is 0 Å². The summed E-state index contributed by atoms with van der Waals surface area (Å²) >= 11 is 10.3. The van der Waals surface area contributed by atoms with Crippen LogP contribution in [-0.4, -0.2) is 28.5 Å². The molecule has 0 radical (unpaired) electrons. The van der Waals surface area contributed by atoms with Gasteiger partial charge in [0.05, 0.1) is 17.2 Å². The molecule has 1 amide bonds. The van der Waals surface area contributed by atoms with Crippen molar-refractivity contribution in [2.24, 2.45) is 0 Å². The van der Waals surface area contributed by atoms with Crippen LogP contribution < -0.4 is 5.32 Å². The predicted molar refractivity (Wildman–Crippen MR) is 77.5 cm³/mol. The summed E-state index contributed by atoms with van der Waals surface area (Å²) in [6, 6.07) is 3.46. The maximum absolute atomic E-state index is 11.6. The molecule has 0 atom stereocenters. The highest BCUT2D eigenvalue weighted by molar-refractivity contribution is 9.10. The van der Waals surface area contributed by atoms with Crippen LogP contribution in [-0.2, 0) is 9.59 Å². The van der Waals surface area contributed by atoms with Crippen molar-refractivity contribution in [3.8, 4) is 0 Å². The first kappa shape index (κ1) is 15.3. The van der Waals surface area contributed by atoms with Crippen molar-refractivity contribution >= 4 is 56.9 Å². The maximum Gasteiger partial charge on any atom is 0.313 e. The lowest BCUT2D eigenvalue weighted by atomic mass is 10.2. The molecule has 4 nitrogen and oxygen atoms in total. The topological polar surface area (TPSA) is 66.4 Å². The second kappa shape index (κ2) is 7.01. The number of anilines is 1. The number of benzene rings is 1. The molecule has 98 valence electrons. The molecule has 0 fully saturated rings. The van der Waals surface area contributed by atoms with Gasteiger partial charge in [-0.1, -0.05) is 11.6 Å². The predicted octanol–water partition coefficient (Wildman–Crippen LogP) is 3.17. The minimum absolute atomic E-state index is 0.0875. The Balaban J connectivity index is 2.59. The van der Waals surface area contributed by atoms with Crippen molar-refractivity contribution in [2.45, 2.75) is 6.92 Å². The summed E-state index contributed by atoms with van der Waals surface area (Å²) in [5.74, 6) is -1.21. The van der Waals surface area contributed by atoms with Gasteiger partial charge < -0.3 is 10.4 Å². The van der Waals surface area contributed by atoms with E-state index in [1.165, 1.54) is 0 Å². The molecule has 1 rings (SSSR count). The molecule has 0 aliphatic carbocycles. The van der Waals surface area contributed by atoms with Crippen LogP contribution in [0.4, 0.5) is 5.69 Å². The van der Waals surface area contributed by atoms with Gasteiger partial charge in [-0.3, -0.25) is 9.59 Å². The zero-order chi connectivity index (χ0) is 13.7. The molecule has 0 saturated carbocycles. The second-order valence-corrected chi connectivity index (χ2v) is 5.76. The van der Waals surface area contributed by atoms with Gasteiger partial charge in [-0.05, 0) is 40.5 Å². The summed E-state index contributed by atoms with van der Waals surface area (Å²) in [5.41, 5.74) is 1.48.